The Labute approximate surface area is 135 Å². The highest BCUT2D eigenvalue weighted by atomic mass is 16.7. The monoisotopic (exact) mass is 315 g/mol. The molecule has 0 saturated carbocycles. The van der Waals surface area contributed by atoms with Crippen molar-refractivity contribution in [3.8, 4) is 11.5 Å². The van der Waals surface area contributed by atoms with Gasteiger partial charge in [0.05, 0.1) is 12.8 Å². The smallest absolute Gasteiger partial charge is 0.231 e. The van der Waals surface area contributed by atoms with E-state index in [0.717, 1.165) is 48.3 Å². The van der Waals surface area contributed by atoms with Crippen LogP contribution in [0.15, 0.2) is 46.0 Å². The van der Waals surface area contributed by atoms with Gasteiger partial charge in [-0.05, 0) is 36.8 Å². The summed E-state index contributed by atoms with van der Waals surface area (Å²) in [6.07, 6.45) is 2.51. The largest absolute Gasteiger partial charge is 0.469 e. The van der Waals surface area contributed by atoms with E-state index < -0.39 is 0 Å². The zero-order valence-electron chi connectivity index (χ0n) is 13.2. The van der Waals surface area contributed by atoms with E-state index >= 15 is 0 Å². The quantitative estimate of drug-likeness (QED) is 0.632. The van der Waals surface area contributed by atoms with Crippen LogP contribution in [0.3, 0.4) is 0 Å². The summed E-state index contributed by atoms with van der Waals surface area (Å²) in [6, 6.07) is 9.76. The Bertz CT molecular complexity index is 653. The summed E-state index contributed by atoms with van der Waals surface area (Å²) in [6.45, 7) is 4.49. The summed E-state index contributed by atoms with van der Waals surface area (Å²) < 4.78 is 16.0. The highest BCUT2D eigenvalue weighted by Gasteiger charge is 2.12. The lowest BCUT2D eigenvalue weighted by Crippen LogP contribution is -2.38. The van der Waals surface area contributed by atoms with E-state index in [1.807, 2.05) is 37.3 Å². The maximum Gasteiger partial charge on any atom is 0.231 e. The summed E-state index contributed by atoms with van der Waals surface area (Å²) in [7, 11) is 0. The second kappa shape index (κ2) is 7.58. The number of aliphatic imine (C=N–C) groups is 1. The number of furan rings is 1. The Balaban J connectivity index is 1.55. The first-order valence-electron chi connectivity index (χ1n) is 7.78. The molecule has 0 amide bonds. The van der Waals surface area contributed by atoms with Gasteiger partial charge in [-0.15, -0.1) is 0 Å². The zero-order chi connectivity index (χ0) is 15.9. The van der Waals surface area contributed by atoms with Crippen molar-refractivity contribution in [2.45, 2.75) is 19.9 Å². The van der Waals surface area contributed by atoms with Gasteiger partial charge in [0.2, 0.25) is 6.79 Å². The van der Waals surface area contributed by atoms with Crippen LogP contribution in [0.2, 0.25) is 0 Å². The van der Waals surface area contributed by atoms with Crippen molar-refractivity contribution in [3.05, 3.63) is 47.9 Å². The fourth-order valence-electron chi connectivity index (χ4n) is 2.31. The van der Waals surface area contributed by atoms with E-state index in [1.165, 1.54) is 0 Å². The number of hydrogen-bond donors (Lipinski definition) is 2. The van der Waals surface area contributed by atoms with Crippen molar-refractivity contribution in [2.24, 2.45) is 4.99 Å². The van der Waals surface area contributed by atoms with Crippen molar-refractivity contribution in [3.63, 3.8) is 0 Å². The van der Waals surface area contributed by atoms with E-state index in [1.54, 1.807) is 6.26 Å². The molecule has 0 spiro atoms. The van der Waals surface area contributed by atoms with Crippen LogP contribution in [0, 0.1) is 0 Å². The van der Waals surface area contributed by atoms with Crippen LogP contribution in [0.5, 0.6) is 11.5 Å². The number of hydrogen-bond acceptors (Lipinski definition) is 4. The molecule has 0 fully saturated rings. The van der Waals surface area contributed by atoms with Crippen molar-refractivity contribution in [1.29, 1.82) is 0 Å². The number of nitrogens with one attached hydrogen (secondary N) is 2. The first-order chi connectivity index (χ1) is 11.3. The first kappa shape index (κ1) is 15.3. The Hall–Kier alpha value is -2.63. The lowest BCUT2D eigenvalue weighted by atomic mass is 10.2. The molecule has 0 saturated heterocycles. The second-order valence-electron chi connectivity index (χ2n) is 5.14. The minimum Gasteiger partial charge on any atom is -0.469 e. The van der Waals surface area contributed by atoms with Gasteiger partial charge in [-0.1, -0.05) is 6.07 Å². The summed E-state index contributed by atoms with van der Waals surface area (Å²) >= 11 is 0. The van der Waals surface area contributed by atoms with Gasteiger partial charge in [-0.25, -0.2) is 4.99 Å². The van der Waals surface area contributed by atoms with E-state index in [4.69, 9.17) is 13.9 Å². The van der Waals surface area contributed by atoms with Gasteiger partial charge in [0.15, 0.2) is 17.5 Å². The maximum absolute atomic E-state index is 5.39. The molecule has 0 radical (unpaired) electrons. The minimum atomic E-state index is 0.291. The van der Waals surface area contributed by atoms with E-state index in [2.05, 4.69) is 15.6 Å². The summed E-state index contributed by atoms with van der Waals surface area (Å²) in [5.74, 6) is 3.33. The van der Waals surface area contributed by atoms with Gasteiger partial charge in [-0.3, -0.25) is 0 Å². The Kier molecular flexibility index (Phi) is 5.03. The van der Waals surface area contributed by atoms with Crippen LogP contribution in [-0.2, 0) is 13.0 Å². The van der Waals surface area contributed by atoms with Gasteiger partial charge in [0.1, 0.15) is 5.76 Å². The zero-order valence-corrected chi connectivity index (χ0v) is 13.2. The Morgan fingerprint density at radius 2 is 2.09 bits per heavy atom. The molecule has 0 unspecified atom stereocenters. The molecule has 1 aromatic carbocycles. The number of nitrogens with zero attached hydrogens (tertiary/aromatic N) is 1. The van der Waals surface area contributed by atoms with E-state index in [-0.39, 0.29) is 0 Å². The van der Waals surface area contributed by atoms with Gasteiger partial charge >= 0.3 is 0 Å². The summed E-state index contributed by atoms with van der Waals surface area (Å²) in [5.41, 5.74) is 1.08. The molecule has 6 nitrogen and oxygen atoms in total. The van der Waals surface area contributed by atoms with Crippen molar-refractivity contribution in [2.75, 3.05) is 19.9 Å². The molecule has 0 aliphatic carbocycles. The van der Waals surface area contributed by atoms with Crippen LogP contribution < -0.4 is 20.1 Å². The summed E-state index contributed by atoms with van der Waals surface area (Å²) in [5, 5.41) is 6.54. The fraction of sp³-hybridized carbons (Fsp3) is 0.353. The van der Waals surface area contributed by atoms with Crippen molar-refractivity contribution in [1.82, 2.24) is 10.6 Å². The van der Waals surface area contributed by atoms with Gasteiger partial charge in [0.25, 0.3) is 0 Å². The molecule has 2 N–H and O–H groups in total. The number of rotatable bonds is 6. The minimum absolute atomic E-state index is 0.291. The molecule has 0 bridgehead atoms. The third-order valence-electron chi connectivity index (χ3n) is 3.44. The predicted octanol–water partition coefficient (Wildman–Crippen LogP) is 2.31. The molecule has 2 heterocycles. The Morgan fingerprint density at radius 1 is 1.17 bits per heavy atom. The predicted molar refractivity (Wildman–Crippen MR) is 87.8 cm³/mol. The van der Waals surface area contributed by atoms with Crippen LogP contribution in [0.1, 0.15) is 18.2 Å². The molecule has 2 aromatic rings. The van der Waals surface area contributed by atoms with Crippen molar-refractivity contribution < 1.29 is 13.9 Å². The van der Waals surface area contributed by atoms with E-state index in [0.29, 0.717) is 13.3 Å². The standard InChI is InChI=1S/C17H21N3O3/c1-2-18-17(19-8-7-14-4-3-9-21-14)20-11-13-5-6-15-16(10-13)23-12-22-15/h3-6,9-10H,2,7-8,11-12H2,1H3,(H2,18,19,20). The average molecular weight is 315 g/mol. The topological polar surface area (TPSA) is 68.0 Å². The average Bonchev–Trinajstić information content (AvgIpc) is 3.23. The molecule has 3 rings (SSSR count). The molecular weight excluding hydrogens is 294 g/mol. The van der Waals surface area contributed by atoms with Gasteiger partial charge in [-0.2, -0.15) is 0 Å². The van der Waals surface area contributed by atoms with Crippen LogP contribution >= 0.6 is 0 Å². The molecular formula is C17H21N3O3. The normalized spacial score (nSPS) is 13.2. The lowest BCUT2D eigenvalue weighted by Gasteiger charge is -2.10. The van der Waals surface area contributed by atoms with Gasteiger partial charge < -0.3 is 24.5 Å². The number of ether oxygens (including phenoxy) is 2. The molecule has 122 valence electrons. The number of fused-ring (bicyclic) bond motifs is 1. The molecule has 1 aromatic heterocycles. The van der Waals surface area contributed by atoms with Crippen LogP contribution in [0.25, 0.3) is 0 Å². The Morgan fingerprint density at radius 3 is 2.91 bits per heavy atom. The number of guanidine groups is 1. The molecule has 1 aliphatic heterocycles. The maximum atomic E-state index is 5.39. The fourth-order valence-corrected chi connectivity index (χ4v) is 2.31. The SMILES string of the molecule is CCNC(=NCc1ccc2c(c1)OCO2)NCCc1ccco1. The third-order valence-corrected chi connectivity index (χ3v) is 3.44. The highest BCUT2D eigenvalue weighted by Crippen LogP contribution is 2.32. The van der Waals surface area contributed by atoms with Crippen molar-refractivity contribution >= 4 is 5.96 Å². The first-order valence-corrected chi connectivity index (χ1v) is 7.78. The number of benzene rings is 1. The molecule has 0 atom stereocenters. The van der Waals surface area contributed by atoms with E-state index in [9.17, 15) is 0 Å². The van der Waals surface area contributed by atoms with Gasteiger partial charge in [0, 0.05) is 19.5 Å². The molecule has 23 heavy (non-hydrogen) atoms. The lowest BCUT2D eigenvalue weighted by molar-refractivity contribution is 0.174. The van der Waals surface area contributed by atoms with Crippen LogP contribution in [-0.4, -0.2) is 25.8 Å². The van der Waals surface area contributed by atoms with Crippen LogP contribution in [0.4, 0.5) is 0 Å². The second-order valence-corrected chi connectivity index (χ2v) is 5.14. The summed E-state index contributed by atoms with van der Waals surface area (Å²) in [4.78, 5) is 4.60. The third kappa shape index (κ3) is 4.18. The molecule has 6 heteroatoms. The molecule has 1 aliphatic rings. The highest BCUT2D eigenvalue weighted by molar-refractivity contribution is 5.79.